The van der Waals surface area contributed by atoms with Gasteiger partial charge in [-0.25, -0.2) is 9.97 Å². The van der Waals surface area contributed by atoms with Crippen molar-refractivity contribution in [3.63, 3.8) is 0 Å². The standard InChI is InChI=1S/C19H22F2N4O2/c1-13-12-14(2)23-19(22-13)25-9-5-8-24(10-11-25)17(26)15-6-3-4-7-16(15)27-18(20)21/h3-4,6-7,12,18H,5,8-11H2,1-2H3. The molecule has 2 heterocycles. The number of alkyl halides is 2. The van der Waals surface area contributed by atoms with Crippen molar-refractivity contribution >= 4 is 11.9 Å². The number of amides is 1. The van der Waals surface area contributed by atoms with Gasteiger partial charge in [0.25, 0.3) is 5.91 Å². The molecule has 27 heavy (non-hydrogen) atoms. The summed E-state index contributed by atoms with van der Waals surface area (Å²) in [6, 6.07) is 8.01. The Balaban J connectivity index is 1.74. The fourth-order valence-electron chi connectivity index (χ4n) is 3.18. The third-order valence-electron chi connectivity index (χ3n) is 4.37. The van der Waals surface area contributed by atoms with Crippen LogP contribution in [0.5, 0.6) is 5.75 Å². The second-order valence-electron chi connectivity index (χ2n) is 6.46. The molecule has 1 fully saturated rings. The van der Waals surface area contributed by atoms with E-state index in [0.29, 0.717) is 25.6 Å². The molecule has 1 amide bonds. The molecule has 144 valence electrons. The lowest BCUT2D eigenvalue weighted by Gasteiger charge is -2.23. The normalized spacial score (nSPS) is 15.0. The second-order valence-corrected chi connectivity index (χ2v) is 6.46. The molecule has 3 rings (SSSR count). The zero-order chi connectivity index (χ0) is 19.4. The Bertz CT molecular complexity index is 796. The number of nitrogens with zero attached hydrogens (tertiary/aromatic N) is 4. The summed E-state index contributed by atoms with van der Waals surface area (Å²) in [5, 5.41) is 0. The topological polar surface area (TPSA) is 58.6 Å². The minimum Gasteiger partial charge on any atom is -0.434 e. The van der Waals surface area contributed by atoms with Crippen LogP contribution in [-0.2, 0) is 0 Å². The van der Waals surface area contributed by atoms with E-state index in [4.69, 9.17) is 0 Å². The number of carbonyl (C=O) groups is 1. The summed E-state index contributed by atoms with van der Waals surface area (Å²) in [6.07, 6.45) is 0.736. The van der Waals surface area contributed by atoms with E-state index in [1.807, 2.05) is 19.9 Å². The summed E-state index contributed by atoms with van der Waals surface area (Å²) >= 11 is 0. The summed E-state index contributed by atoms with van der Waals surface area (Å²) in [5.74, 6) is 0.244. The first kappa shape index (κ1) is 19.0. The quantitative estimate of drug-likeness (QED) is 0.821. The summed E-state index contributed by atoms with van der Waals surface area (Å²) in [7, 11) is 0. The molecule has 0 unspecified atom stereocenters. The number of hydrogen-bond acceptors (Lipinski definition) is 5. The molecule has 0 bridgehead atoms. The lowest BCUT2D eigenvalue weighted by molar-refractivity contribution is -0.0502. The van der Waals surface area contributed by atoms with Gasteiger partial charge in [0.2, 0.25) is 5.95 Å². The van der Waals surface area contributed by atoms with Crippen molar-refractivity contribution in [2.24, 2.45) is 0 Å². The lowest BCUT2D eigenvalue weighted by Crippen LogP contribution is -2.36. The number of halogens is 2. The highest BCUT2D eigenvalue weighted by molar-refractivity contribution is 5.97. The van der Waals surface area contributed by atoms with Crippen LogP contribution >= 0.6 is 0 Å². The van der Waals surface area contributed by atoms with Gasteiger partial charge in [0.05, 0.1) is 5.56 Å². The van der Waals surface area contributed by atoms with Crippen molar-refractivity contribution in [1.82, 2.24) is 14.9 Å². The van der Waals surface area contributed by atoms with Gasteiger partial charge in [0.1, 0.15) is 5.75 Å². The van der Waals surface area contributed by atoms with Gasteiger partial charge in [-0.3, -0.25) is 4.79 Å². The first-order valence-corrected chi connectivity index (χ1v) is 8.84. The van der Waals surface area contributed by atoms with Gasteiger partial charge in [-0.2, -0.15) is 8.78 Å². The molecule has 0 spiro atoms. The van der Waals surface area contributed by atoms with E-state index in [-0.39, 0.29) is 17.2 Å². The number of benzene rings is 1. The number of aromatic nitrogens is 2. The van der Waals surface area contributed by atoms with E-state index in [1.54, 1.807) is 17.0 Å². The Labute approximate surface area is 156 Å². The molecule has 1 aromatic heterocycles. The maximum Gasteiger partial charge on any atom is 0.387 e. The van der Waals surface area contributed by atoms with Crippen LogP contribution in [-0.4, -0.2) is 53.6 Å². The number of rotatable bonds is 4. The molecule has 1 aromatic carbocycles. The number of hydrogen-bond donors (Lipinski definition) is 0. The van der Waals surface area contributed by atoms with Crippen LogP contribution in [0.3, 0.4) is 0 Å². The summed E-state index contributed by atoms with van der Waals surface area (Å²) < 4.78 is 29.7. The zero-order valence-electron chi connectivity index (χ0n) is 15.4. The second kappa shape index (κ2) is 8.28. The monoisotopic (exact) mass is 376 g/mol. The van der Waals surface area contributed by atoms with Gasteiger partial charge in [-0.15, -0.1) is 0 Å². The van der Waals surface area contributed by atoms with E-state index >= 15 is 0 Å². The van der Waals surface area contributed by atoms with Gasteiger partial charge in [0.15, 0.2) is 0 Å². The Morgan fingerprint density at radius 1 is 1.07 bits per heavy atom. The van der Waals surface area contributed by atoms with Crippen LogP contribution in [0, 0.1) is 13.8 Å². The van der Waals surface area contributed by atoms with Crippen LogP contribution in [0.1, 0.15) is 28.2 Å². The molecule has 0 N–H and O–H groups in total. The first-order valence-electron chi connectivity index (χ1n) is 8.84. The molecule has 0 atom stereocenters. The van der Waals surface area contributed by atoms with Crippen LogP contribution in [0.25, 0.3) is 0 Å². The van der Waals surface area contributed by atoms with Crippen molar-refractivity contribution in [2.45, 2.75) is 26.9 Å². The molecule has 6 nitrogen and oxygen atoms in total. The predicted octanol–water partition coefficient (Wildman–Crippen LogP) is 3.05. The highest BCUT2D eigenvalue weighted by Gasteiger charge is 2.24. The van der Waals surface area contributed by atoms with E-state index in [2.05, 4.69) is 19.6 Å². The van der Waals surface area contributed by atoms with Crippen molar-refractivity contribution < 1.29 is 18.3 Å². The Kier molecular flexibility index (Phi) is 5.83. The van der Waals surface area contributed by atoms with Gasteiger partial charge in [-0.1, -0.05) is 12.1 Å². The minimum absolute atomic E-state index is 0.101. The lowest BCUT2D eigenvalue weighted by atomic mass is 10.1. The summed E-state index contributed by atoms with van der Waals surface area (Å²) in [6.45, 7) is 3.16. The smallest absolute Gasteiger partial charge is 0.387 e. The van der Waals surface area contributed by atoms with Crippen LogP contribution in [0.4, 0.5) is 14.7 Å². The molecule has 0 radical (unpaired) electrons. The Hall–Kier alpha value is -2.77. The van der Waals surface area contributed by atoms with E-state index in [9.17, 15) is 13.6 Å². The molecule has 0 aliphatic carbocycles. The molecule has 1 aliphatic rings. The number of carbonyl (C=O) groups excluding carboxylic acids is 1. The highest BCUT2D eigenvalue weighted by atomic mass is 19.3. The number of ether oxygens (including phenoxy) is 1. The molecule has 1 saturated heterocycles. The van der Waals surface area contributed by atoms with Crippen LogP contribution < -0.4 is 9.64 Å². The van der Waals surface area contributed by atoms with Crippen molar-refractivity contribution in [1.29, 1.82) is 0 Å². The van der Waals surface area contributed by atoms with Crippen molar-refractivity contribution in [3.05, 3.63) is 47.3 Å². The van der Waals surface area contributed by atoms with Gasteiger partial charge in [-0.05, 0) is 38.5 Å². The minimum atomic E-state index is -2.97. The van der Waals surface area contributed by atoms with Gasteiger partial charge in [0, 0.05) is 37.6 Å². The van der Waals surface area contributed by atoms with E-state index in [1.165, 1.54) is 12.1 Å². The van der Waals surface area contributed by atoms with Gasteiger partial charge >= 0.3 is 6.61 Å². The number of para-hydroxylation sites is 1. The summed E-state index contributed by atoms with van der Waals surface area (Å²) in [4.78, 5) is 25.5. The molecule has 8 heteroatoms. The van der Waals surface area contributed by atoms with Crippen LogP contribution in [0.2, 0.25) is 0 Å². The SMILES string of the molecule is Cc1cc(C)nc(N2CCCN(C(=O)c3ccccc3OC(F)F)CC2)n1. The maximum atomic E-state index is 12.9. The van der Waals surface area contributed by atoms with Crippen molar-refractivity contribution in [3.8, 4) is 5.75 Å². The third kappa shape index (κ3) is 4.69. The first-order chi connectivity index (χ1) is 12.9. The molecule has 1 aliphatic heterocycles. The molecular weight excluding hydrogens is 354 g/mol. The van der Waals surface area contributed by atoms with Crippen LogP contribution in [0.15, 0.2) is 30.3 Å². The van der Waals surface area contributed by atoms with Gasteiger partial charge < -0.3 is 14.5 Å². The molecule has 0 saturated carbocycles. The zero-order valence-corrected chi connectivity index (χ0v) is 15.4. The highest BCUT2D eigenvalue weighted by Crippen LogP contribution is 2.23. The maximum absolute atomic E-state index is 12.9. The van der Waals surface area contributed by atoms with E-state index in [0.717, 1.165) is 24.4 Å². The fourth-order valence-corrected chi connectivity index (χ4v) is 3.18. The average molecular weight is 376 g/mol. The predicted molar refractivity (Wildman–Crippen MR) is 97.3 cm³/mol. The average Bonchev–Trinajstić information content (AvgIpc) is 2.86. The third-order valence-corrected chi connectivity index (χ3v) is 4.37. The number of aryl methyl sites for hydroxylation is 2. The largest absolute Gasteiger partial charge is 0.434 e. The van der Waals surface area contributed by atoms with E-state index < -0.39 is 6.61 Å². The molecular formula is C19H22F2N4O2. The summed E-state index contributed by atoms with van der Waals surface area (Å²) in [5.41, 5.74) is 1.94. The Morgan fingerprint density at radius 2 is 1.78 bits per heavy atom. The Morgan fingerprint density at radius 3 is 2.48 bits per heavy atom. The molecule has 2 aromatic rings. The fraction of sp³-hybridized carbons (Fsp3) is 0.421. The number of anilines is 1. The van der Waals surface area contributed by atoms with Crippen molar-refractivity contribution in [2.75, 3.05) is 31.1 Å².